The van der Waals surface area contributed by atoms with E-state index in [0.717, 1.165) is 28.5 Å². The molecule has 0 aliphatic carbocycles. The topological polar surface area (TPSA) is 75.6 Å². The van der Waals surface area contributed by atoms with Gasteiger partial charge in [-0.05, 0) is 60.0 Å². The van der Waals surface area contributed by atoms with Crippen LogP contribution < -0.4 is 10.1 Å². The molecule has 0 heterocycles. The van der Waals surface area contributed by atoms with E-state index in [4.69, 9.17) is 9.84 Å². The Balaban J connectivity index is 1.95. The molecule has 30 heavy (non-hydrogen) atoms. The Labute approximate surface area is 175 Å². The molecule has 0 aliphatic heterocycles. The lowest BCUT2D eigenvalue weighted by molar-refractivity contribution is -0.131. The van der Waals surface area contributed by atoms with Gasteiger partial charge in [0.05, 0.1) is 12.6 Å². The maximum Gasteiger partial charge on any atom is 0.328 e. The zero-order valence-corrected chi connectivity index (χ0v) is 16.6. The summed E-state index contributed by atoms with van der Waals surface area (Å²) in [6.45, 7) is 2.50. The molecule has 3 aromatic carbocycles. The first-order valence-electron chi connectivity index (χ1n) is 9.66. The van der Waals surface area contributed by atoms with Crippen molar-refractivity contribution in [2.75, 3.05) is 6.61 Å². The lowest BCUT2D eigenvalue weighted by Crippen LogP contribution is -2.29. The molecule has 0 aromatic heterocycles. The minimum Gasteiger partial charge on any atom is -0.494 e. The van der Waals surface area contributed by atoms with Crippen LogP contribution in [0.1, 0.15) is 40.0 Å². The van der Waals surface area contributed by atoms with Crippen LogP contribution in [0, 0.1) is 0 Å². The van der Waals surface area contributed by atoms with Crippen molar-refractivity contribution in [1.82, 2.24) is 5.32 Å². The molecule has 5 nitrogen and oxygen atoms in total. The molecule has 1 amide bonds. The van der Waals surface area contributed by atoms with Crippen molar-refractivity contribution in [3.63, 3.8) is 0 Å². The second-order valence-corrected chi connectivity index (χ2v) is 6.62. The number of hydrogen-bond donors (Lipinski definition) is 2. The molecule has 3 aromatic rings. The van der Waals surface area contributed by atoms with Gasteiger partial charge in [-0.2, -0.15) is 0 Å². The summed E-state index contributed by atoms with van der Waals surface area (Å²) < 4.78 is 5.52. The standard InChI is InChI=1S/C25H23NO4/c1-2-30-22-14-12-19(13-15-22)24(26-25(29)20-8-4-3-5-9-20)21-10-6-7-18(17-21)11-16-23(27)28/h3-17,24H,2H2,1H3,(H,26,29)(H,27,28)/b16-11+. The highest BCUT2D eigenvalue weighted by Crippen LogP contribution is 2.26. The highest BCUT2D eigenvalue weighted by molar-refractivity contribution is 5.94. The van der Waals surface area contributed by atoms with Crippen molar-refractivity contribution in [2.45, 2.75) is 13.0 Å². The van der Waals surface area contributed by atoms with Crippen molar-refractivity contribution >= 4 is 18.0 Å². The molecule has 152 valence electrons. The number of carboxylic acid groups (broad SMARTS) is 1. The van der Waals surface area contributed by atoms with E-state index in [1.807, 2.05) is 73.7 Å². The quantitative estimate of drug-likeness (QED) is 0.537. The molecule has 0 saturated carbocycles. The highest BCUT2D eigenvalue weighted by atomic mass is 16.5. The Morgan fingerprint density at radius 1 is 0.967 bits per heavy atom. The Morgan fingerprint density at radius 3 is 2.37 bits per heavy atom. The van der Waals surface area contributed by atoms with Crippen molar-refractivity contribution < 1.29 is 19.4 Å². The predicted molar refractivity (Wildman–Crippen MR) is 116 cm³/mol. The molecule has 2 N–H and O–H groups in total. The van der Waals surface area contributed by atoms with Gasteiger partial charge in [0.2, 0.25) is 0 Å². The van der Waals surface area contributed by atoms with Crippen LogP contribution >= 0.6 is 0 Å². The summed E-state index contributed by atoms with van der Waals surface area (Å²) in [5.41, 5.74) is 3.04. The molecule has 1 atom stereocenters. The van der Waals surface area contributed by atoms with Gasteiger partial charge in [0.25, 0.3) is 5.91 Å². The fourth-order valence-electron chi connectivity index (χ4n) is 3.10. The van der Waals surface area contributed by atoms with Gasteiger partial charge in [-0.25, -0.2) is 4.79 Å². The molecular weight excluding hydrogens is 378 g/mol. The van der Waals surface area contributed by atoms with Gasteiger partial charge >= 0.3 is 5.97 Å². The van der Waals surface area contributed by atoms with Crippen LogP contribution in [0.4, 0.5) is 0 Å². The average Bonchev–Trinajstić information content (AvgIpc) is 2.77. The van der Waals surface area contributed by atoms with E-state index in [9.17, 15) is 9.59 Å². The Hall–Kier alpha value is -3.86. The summed E-state index contributed by atoms with van der Waals surface area (Å²) in [5, 5.41) is 12.0. The monoisotopic (exact) mass is 401 g/mol. The Bertz CT molecular complexity index is 1030. The third-order valence-electron chi connectivity index (χ3n) is 4.50. The molecule has 0 radical (unpaired) electrons. The first kappa shape index (κ1) is 20.9. The fourth-order valence-corrected chi connectivity index (χ4v) is 3.10. The predicted octanol–water partition coefficient (Wildman–Crippen LogP) is 4.70. The number of carbonyl (C=O) groups excluding carboxylic acids is 1. The largest absolute Gasteiger partial charge is 0.494 e. The first-order valence-corrected chi connectivity index (χ1v) is 9.66. The van der Waals surface area contributed by atoms with Crippen molar-refractivity contribution in [3.8, 4) is 5.75 Å². The molecule has 5 heteroatoms. The number of ether oxygens (including phenoxy) is 1. The van der Waals surface area contributed by atoms with E-state index in [-0.39, 0.29) is 5.91 Å². The maximum atomic E-state index is 12.8. The molecule has 0 saturated heterocycles. The van der Waals surface area contributed by atoms with Crippen molar-refractivity contribution in [1.29, 1.82) is 0 Å². The average molecular weight is 401 g/mol. The van der Waals surface area contributed by atoms with Gasteiger partial charge in [-0.15, -0.1) is 0 Å². The lowest BCUT2D eigenvalue weighted by Gasteiger charge is -2.21. The molecule has 0 spiro atoms. The Kier molecular flexibility index (Phi) is 7.00. The van der Waals surface area contributed by atoms with Gasteiger partial charge in [0.1, 0.15) is 5.75 Å². The van der Waals surface area contributed by atoms with Crippen molar-refractivity contribution in [2.24, 2.45) is 0 Å². The van der Waals surface area contributed by atoms with E-state index in [2.05, 4.69) is 5.32 Å². The van der Waals surface area contributed by atoms with Gasteiger partial charge in [-0.1, -0.05) is 48.5 Å². The minimum atomic E-state index is -1.01. The van der Waals surface area contributed by atoms with Crippen molar-refractivity contribution in [3.05, 3.63) is 107 Å². The van der Waals surface area contributed by atoms with Crippen LogP contribution in [0.3, 0.4) is 0 Å². The van der Waals surface area contributed by atoms with Crippen LogP contribution in [0.25, 0.3) is 6.08 Å². The molecule has 3 rings (SSSR count). The number of benzene rings is 3. The van der Waals surface area contributed by atoms with Crippen LogP contribution in [-0.4, -0.2) is 23.6 Å². The Morgan fingerprint density at radius 2 is 1.70 bits per heavy atom. The van der Waals surface area contributed by atoms with Gasteiger partial charge in [0, 0.05) is 11.6 Å². The zero-order valence-electron chi connectivity index (χ0n) is 16.6. The lowest BCUT2D eigenvalue weighted by atomic mass is 9.96. The maximum absolute atomic E-state index is 12.8. The number of amides is 1. The first-order chi connectivity index (χ1) is 14.6. The third kappa shape index (κ3) is 5.58. The van der Waals surface area contributed by atoms with E-state index in [1.165, 1.54) is 6.08 Å². The van der Waals surface area contributed by atoms with Gasteiger partial charge < -0.3 is 15.2 Å². The number of carboxylic acids is 1. The fraction of sp³-hybridized carbons (Fsp3) is 0.120. The summed E-state index contributed by atoms with van der Waals surface area (Å²) in [7, 11) is 0. The van der Waals surface area contributed by atoms with E-state index < -0.39 is 12.0 Å². The minimum absolute atomic E-state index is 0.194. The van der Waals surface area contributed by atoms with Gasteiger partial charge in [0.15, 0.2) is 0 Å². The highest BCUT2D eigenvalue weighted by Gasteiger charge is 2.18. The second-order valence-electron chi connectivity index (χ2n) is 6.62. The summed E-state index contributed by atoms with van der Waals surface area (Å²) in [6, 6.07) is 23.6. The number of nitrogens with one attached hydrogen (secondary N) is 1. The number of hydrogen-bond acceptors (Lipinski definition) is 3. The molecule has 0 fully saturated rings. The molecule has 0 aliphatic rings. The van der Waals surface area contributed by atoms with E-state index >= 15 is 0 Å². The molecule has 0 bridgehead atoms. The molecular formula is C25H23NO4. The summed E-state index contributed by atoms with van der Waals surface area (Å²) >= 11 is 0. The summed E-state index contributed by atoms with van der Waals surface area (Å²) in [4.78, 5) is 23.7. The van der Waals surface area contributed by atoms with Crippen LogP contribution in [0.2, 0.25) is 0 Å². The van der Waals surface area contributed by atoms with Crippen LogP contribution in [0.15, 0.2) is 84.9 Å². The van der Waals surface area contributed by atoms with Gasteiger partial charge in [-0.3, -0.25) is 4.79 Å². The normalized spacial score (nSPS) is 11.8. The number of aliphatic carboxylic acids is 1. The van der Waals surface area contributed by atoms with Crippen LogP contribution in [0.5, 0.6) is 5.75 Å². The second kappa shape index (κ2) is 10.1. The number of carbonyl (C=O) groups is 2. The van der Waals surface area contributed by atoms with Crippen LogP contribution in [-0.2, 0) is 4.79 Å². The third-order valence-corrected chi connectivity index (χ3v) is 4.50. The summed E-state index contributed by atoms with van der Waals surface area (Å²) in [5.74, 6) is -0.450. The van der Waals surface area contributed by atoms with E-state index in [1.54, 1.807) is 12.1 Å². The number of rotatable bonds is 8. The molecule has 1 unspecified atom stereocenters. The van der Waals surface area contributed by atoms with E-state index in [0.29, 0.717) is 12.2 Å². The smallest absolute Gasteiger partial charge is 0.328 e. The SMILES string of the molecule is CCOc1ccc(C(NC(=O)c2ccccc2)c2cccc(/C=C/C(=O)O)c2)cc1. The zero-order chi connectivity index (χ0) is 21.3. The summed E-state index contributed by atoms with van der Waals surface area (Å²) in [6.07, 6.45) is 2.62.